The van der Waals surface area contributed by atoms with Crippen molar-refractivity contribution in [2.75, 3.05) is 25.6 Å². The van der Waals surface area contributed by atoms with E-state index in [1.54, 1.807) is 0 Å². The number of hydrogen-bond donors (Lipinski definition) is 3. The van der Waals surface area contributed by atoms with E-state index in [2.05, 4.69) is 10.6 Å². The van der Waals surface area contributed by atoms with Crippen LogP contribution in [0.2, 0.25) is 5.02 Å². The maximum Gasteiger partial charge on any atom is 0.339 e. The van der Waals surface area contributed by atoms with Crippen molar-refractivity contribution < 1.29 is 33.4 Å². The summed E-state index contributed by atoms with van der Waals surface area (Å²) in [6, 6.07) is 8.13. The second-order valence-corrected chi connectivity index (χ2v) is 7.73. The molecule has 0 radical (unpaired) electrons. The molecule has 0 fully saturated rings. The number of hydrogen-bond acceptors (Lipinski definition) is 7. The fourth-order valence-electron chi connectivity index (χ4n) is 2.91. The van der Waals surface area contributed by atoms with Gasteiger partial charge in [-0.2, -0.15) is 0 Å². The Bertz CT molecular complexity index is 1080. The van der Waals surface area contributed by atoms with Crippen LogP contribution in [0.25, 0.3) is 0 Å². The third kappa shape index (κ3) is 7.11. The average molecular weight is 492 g/mol. The Morgan fingerprint density at radius 2 is 1.76 bits per heavy atom. The van der Waals surface area contributed by atoms with E-state index >= 15 is 0 Å². The van der Waals surface area contributed by atoms with Gasteiger partial charge >= 0.3 is 5.97 Å². The lowest BCUT2D eigenvalue weighted by Gasteiger charge is -2.16. The molecule has 34 heavy (non-hydrogen) atoms. The van der Waals surface area contributed by atoms with Crippen molar-refractivity contribution in [2.24, 2.45) is 5.73 Å². The fraction of sp³-hybridized carbons (Fsp3) is 0.304. The molecule has 2 aromatic carbocycles. The zero-order valence-electron chi connectivity index (χ0n) is 19.2. The fourth-order valence-corrected chi connectivity index (χ4v) is 3.17. The monoisotopic (exact) mass is 491 g/mol. The Kier molecular flexibility index (Phi) is 9.26. The number of carbonyl (C=O) groups is 4. The molecule has 11 heteroatoms. The summed E-state index contributed by atoms with van der Waals surface area (Å²) < 4.78 is 15.5. The largest absolute Gasteiger partial charge is 0.493 e. The van der Waals surface area contributed by atoms with Crippen LogP contribution in [0.1, 0.15) is 28.4 Å². The van der Waals surface area contributed by atoms with Gasteiger partial charge in [0.05, 0.1) is 24.2 Å². The van der Waals surface area contributed by atoms with E-state index in [1.165, 1.54) is 26.2 Å². The predicted molar refractivity (Wildman–Crippen MR) is 125 cm³/mol. The quantitative estimate of drug-likeness (QED) is 0.431. The number of ether oxygens (including phenoxy) is 3. The smallest absolute Gasteiger partial charge is 0.339 e. The lowest BCUT2D eigenvalue weighted by atomic mass is 10.1. The molecule has 0 aliphatic carbocycles. The summed E-state index contributed by atoms with van der Waals surface area (Å²) >= 11 is 6.12. The molecule has 0 aliphatic rings. The first-order valence-electron chi connectivity index (χ1n) is 10.2. The summed E-state index contributed by atoms with van der Waals surface area (Å²) in [5.74, 6) is -2.56. The highest BCUT2D eigenvalue weighted by molar-refractivity contribution is 6.32. The number of nitrogens with one attached hydrogen (secondary N) is 2. The SMILES string of the molecule is COc1cc(C(=O)OC(C)C(=O)NCC(=O)Nc2c(C)cccc2C)cc(Cl)c1OCC(N)=O. The first kappa shape index (κ1) is 26.5. The number of para-hydroxylation sites is 1. The van der Waals surface area contributed by atoms with Crippen molar-refractivity contribution in [3.63, 3.8) is 0 Å². The Balaban J connectivity index is 1.96. The van der Waals surface area contributed by atoms with Gasteiger partial charge in [-0.1, -0.05) is 29.8 Å². The molecule has 182 valence electrons. The van der Waals surface area contributed by atoms with Gasteiger partial charge in [-0.3, -0.25) is 14.4 Å². The summed E-state index contributed by atoms with van der Waals surface area (Å²) in [6.07, 6.45) is -1.20. The van der Waals surface area contributed by atoms with Crippen molar-refractivity contribution in [1.29, 1.82) is 0 Å². The molecule has 0 bridgehead atoms. The van der Waals surface area contributed by atoms with Crippen LogP contribution in [0, 0.1) is 13.8 Å². The summed E-state index contributed by atoms with van der Waals surface area (Å²) in [5.41, 5.74) is 7.50. The molecule has 2 rings (SSSR count). The second-order valence-electron chi connectivity index (χ2n) is 7.32. The van der Waals surface area contributed by atoms with Crippen LogP contribution in [-0.4, -0.2) is 50.1 Å². The van der Waals surface area contributed by atoms with E-state index in [4.69, 9.17) is 31.5 Å². The van der Waals surface area contributed by atoms with Crippen LogP contribution in [-0.2, 0) is 19.1 Å². The van der Waals surface area contributed by atoms with E-state index in [-0.39, 0.29) is 28.6 Å². The summed E-state index contributed by atoms with van der Waals surface area (Å²) in [5, 5.41) is 5.16. The molecule has 0 heterocycles. The zero-order chi connectivity index (χ0) is 25.4. The molecule has 0 saturated heterocycles. The van der Waals surface area contributed by atoms with Crippen molar-refractivity contribution in [3.8, 4) is 11.5 Å². The number of amides is 3. The van der Waals surface area contributed by atoms with E-state index < -0.39 is 36.4 Å². The van der Waals surface area contributed by atoms with Gasteiger partial charge in [0.1, 0.15) is 0 Å². The lowest BCUT2D eigenvalue weighted by Crippen LogP contribution is -2.40. The molecule has 0 saturated carbocycles. The molecule has 1 atom stereocenters. The van der Waals surface area contributed by atoms with Gasteiger partial charge < -0.3 is 30.6 Å². The maximum absolute atomic E-state index is 12.5. The van der Waals surface area contributed by atoms with Crippen molar-refractivity contribution in [3.05, 3.63) is 52.0 Å². The number of primary amides is 1. The normalized spacial score (nSPS) is 11.2. The standard InChI is InChI=1S/C23H26ClN3O7/c1-12-6-5-7-13(2)20(12)27-19(29)10-26-22(30)14(3)34-23(31)15-8-16(24)21(17(9-15)32-4)33-11-18(25)28/h5-9,14H,10-11H2,1-4H3,(H2,25,28)(H,26,30)(H,27,29). The van der Waals surface area contributed by atoms with Gasteiger partial charge in [-0.15, -0.1) is 0 Å². The van der Waals surface area contributed by atoms with Crippen LogP contribution in [0.4, 0.5) is 5.69 Å². The highest BCUT2D eigenvalue weighted by atomic mass is 35.5. The van der Waals surface area contributed by atoms with Gasteiger partial charge in [0.15, 0.2) is 24.2 Å². The first-order chi connectivity index (χ1) is 16.0. The number of halogens is 1. The van der Waals surface area contributed by atoms with Crippen LogP contribution in [0.5, 0.6) is 11.5 Å². The summed E-state index contributed by atoms with van der Waals surface area (Å²) in [6.45, 7) is 4.34. The van der Waals surface area contributed by atoms with Gasteiger partial charge in [0.2, 0.25) is 5.91 Å². The number of rotatable bonds is 10. The van der Waals surface area contributed by atoms with Crippen LogP contribution < -0.4 is 25.8 Å². The average Bonchev–Trinajstić information content (AvgIpc) is 2.78. The molecule has 0 spiro atoms. The number of aryl methyl sites for hydroxylation is 2. The Labute approximate surface area is 201 Å². The number of nitrogens with two attached hydrogens (primary N) is 1. The van der Waals surface area contributed by atoms with Crippen LogP contribution in [0.15, 0.2) is 30.3 Å². The van der Waals surface area contributed by atoms with Gasteiger partial charge in [-0.25, -0.2) is 4.79 Å². The van der Waals surface area contributed by atoms with Gasteiger partial charge in [-0.05, 0) is 44.0 Å². The highest BCUT2D eigenvalue weighted by Gasteiger charge is 2.22. The van der Waals surface area contributed by atoms with Gasteiger partial charge in [0, 0.05) is 5.69 Å². The topological polar surface area (TPSA) is 146 Å². The van der Waals surface area contributed by atoms with E-state index in [1.807, 2.05) is 32.0 Å². The summed E-state index contributed by atoms with van der Waals surface area (Å²) in [4.78, 5) is 48.0. The molecule has 3 amide bonds. The molecule has 1 unspecified atom stereocenters. The third-order valence-corrected chi connectivity index (χ3v) is 4.93. The molecule has 4 N–H and O–H groups in total. The van der Waals surface area contributed by atoms with Crippen molar-refractivity contribution >= 4 is 41.0 Å². The molecular formula is C23H26ClN3O7. The minimum atomic E-state index is -1.20. The minimum absolute atomic E-state index is 0.0132. The maximum atomic E-state index is 12.5. The Morgan fingerprint density at radius 1 is 1.12 bits per heavy atom. The van der Waals surface area contributed by atoms with E-state index in [0.717, 1.165) is 11.1 Å². The predicted octanol–water partition coefficient (Wildman–Crippen LogP) is 2.13. The summed E-state index contributed by atoms with van der Waals surface area (Å²) in [7, 11) is 1.32. The molecule has 0 aromatic heterocycles. The van der Waals surface area contributed by atoms with E-state index in [0.29, 0.717) is 5.69 Å². The zero-order valence-corrected chi connectivity index (χ0v) is 19.9. The van der Waals surface area contributed by atoms with E-state index in [9.17, 15) is 19.2 Å². The lowest BCUT2D eigenvalue weighted by molar-refractivity contribution is -0.130. The highest BCUT2D eigenvalue weighted by Crippen LogP contribution is 2.36. The third-order valence-electron chi connectivity index (χ3n) is 4.65. The first-order valence-corrected chi connectivity index (χ1v) is 10.5. The number of methoxy groups -OCH3 is 1. The van der Waals surface area contributed by atoms with Crippen molar-refractivity contribution in [1.82, 2.24) is 5.32 Å². The second kappa shape index (κ2) is 11.9. The molecule has 10 nitrogen and oxygen atoms in total. The Hall–Kier alpha value is -3.79. The van der Waals surface area contributed by atoms with Crippen molar-refractivity contribution in [2.45, 2.75) is 26.9 Å². The molecule has 2 aromatic rings. The molecule has 0 aliphatic heterocycles. The van der Waals surface area contributed by atoms with Gasteiger partial charge in [0.25, 0.3) is 11.8 Å². The Morgan fingerprint density at radius 3 is 2.35 bits per heavy atom. The number of esters is 1. The van der Waals surface area contributed by atoms with Crippen LogP contribution in [0.3, 0.4) is 0 Å². The number of carbonyl (C=O) groups excluding carboxylic acids is 4. The molecular weight excluding hydrogens is 466 g/mol. The van der Waals surface area contributed by atoms with Crippen LogP contribution >= 0.6 is 11.6 Å². The number of anilines is 1. The number of benzene rings is 2. The minimum Gasteiger partial charge on any atom is -0.493 e.